The fourth-order valence-corrected chi connectivity index (χ4v) is 2.01. The summed E-state index contributed by atoms with van der Waals surface area (Å²) < 4.78 is 12.8. The molecule has 2 aromatic carbocycles. The molecular formula is C16H18FNO. The van der Waals surface area contributed by atoms with Crippen molar-refractivity contribution in [2.75, 3.05) is 11.9 Å². The first-order valence-corrected chi connectivity index (χ1v) is 6.46. The normalized spacial score (nSPS) is 12.2. The number of para-hydroxylation sites is 1. The maximum atomic E-state index is 12.8. The maximum Gasteiger partial charge on any atom is 0.123 e. The van der Waals surface area contributed by atoms with E-state index in [-0.39, 0.29) is 5.82 Å². The molecule has 0 aromatic heterocycles. The van der Waals surface area contributed by atoms with Crippen molar-refractivity contribution in [3.05, 3.63) is 65.5 Å². The lowest BCUT2D eigenvalue weighted by Crippen LogP contribution is -2.13. The second-order valence-corrected chi connectivity index (χ2v) is 4.46. The summed E-state index contributed by atoms with van der Waals surface area (Å²) in [6, 6.07) is 14.0. The van der Waals surface area contributed by atoms with Gasteiger partial charge in [0.15, 0.2) is 0 Å². The minimum absolute atomic E-state index is 0.291. The van der Waals surface area contributed by atoms with Crippen molar-refractivity contribution in [3.63, 3.8) is 0 Å². The molecule has 0 saturated carbocycles. The SMILES string of the molecule is CCc1ccccc1NCC(O)c1ccc(F)cc1. The maximum absolute atomic E-state index is 12.8. The van der Waals surface area contributed by atoms with E-state index in [1.165, 1.54) is 17.7 Å². The molecule has 0 heterocycles. The third-order valence-corrected chi connectivity index (χ3v) is 3.14. The molecule has 2 rings (SSSR count). The Bertz CT molecular complexity index is 525. The van der Waals surface area contributed by atoms with Gasteiger partial charge >= 0.3 is 0 Å². The Labute approximate surface area is 112 Å². The van der Waals surface area contributed by atoms with Crippen LogP contribution in [0.3, 0.4) is 0 Å². The second-order valence-electron chi connectivity index (χ2n) is 4.46. The van der Waals surface area contributed by atoms with Gasteiger partial charge in [-0.05, 0) is 35.7 Å². The van der Waals surface area contributed by atoms with E-state index in [0.29, 0.717) is 12.1 Å². The lowest BCUT2D eigenvalue weighted by atomic mass is 10.1. The molecule has 0 fully saturated rings. The van der Waals surface area contributed by atoms with Crippen LogP contribution in [0.1, 0.15) is 24.2 Å². The van der Waals surface area contributed by atoms with E-state index in [0.717, 1.165) is 12.1 Å². The predicted octanol–water partition coefficient (Wildman–Crippen LogP) is 3.53. The van der Waals surface area contributed by atoms with Gasteiger partial charge in [0.05, 0.1) is 6.10 Å². The van der Waals surface area contributed by atoms with Crippen molar-refractivity contribution in [3.8, 4) is 0 Å². The molecule has 0 amide bonds. The van der Waals surface area contributed by atoms with E-state index < -0.39 is 6.10 Å². The molecule has 0 radical (unpaired) electrons. The summed E-state index contributed by atoms with van der Waals surface area (Å²) in [7, 11) is 0. The smallest absolute Gasteiger partial charge is 0.123 e. The van der Waals surface area contributed by atoms with Crippen molar-refractivity contribution in [2.45, 2.75) is 19.4 Å². The Morgan fingerprint density at radius 2 is 1.79 bits per heavy atom. The zero-order valence-electron chi connectivity index (χ0n) is 10.9. The summed E-state index contributed by atoms with van der Waals surface area (Å²) >= 11 is 0. The van der Waals surface area contributed by atoms with Crippen LogP contribution >= 0.6 is 0 Å². The van der Waals surface area contributed by atoms with Gasteiger partial charge in [0.2, 0.25) is 0 Å². The molecule has 0 bridgehead atoms. The number of hydrogen-bond acceptors (Lipinski definition) is 2. The quantitative estimate of drug-likeness (QED) is 0.861. The average Bonchev–Trinajstić information content (AvgIpc) is 2.45. The van der Waals surface area contributed by atoms with Crippen LogP contribution in [0.2, 0.25) is 0 Å². The molecule has 100 valence electrons. The minimum atomic E-state index is -0.648. The van der Waals surface area contributed by atoms with Gasteiger partial charge in [-0.3, -0.25) is 0 Å². The highest BCUT2D eigenvalue weighted by molar-refractivity contribution is 5.51. The molecule has 0 aliphatic heterocycles. The van der Waals surface area contributed by atoms with E-state index in [2.05, 4.69) is 18.3 Å². The average molecular weight is 259 g/mol. The number of halogens is 1. The van der Waals surface area contributed by atoms with E-state index in [4.69, 9.17) is 0 Å². The first-order valence-electron chi connectivity index (χ1n) is 6.46. The van der Waals surface area contributed by atoms with Crippen molar-refractivity contribution >= 4 is 5.69 Å². The molecule has 0 spiro atoms. The largest absolute Gasteiger partial charge is 0.387 e. The van der Waals surface area contributed by atoms with Gasteiger partial charge in [-0.25, -0.2) is 4.39 Å². The first kappa shape index (κ1) is 13.6. The Kier molecular flexibility index (Phi) is 4.53. The fraction of sp³-hybridized carbons (Fsp3) is 0.250. The van der Waals surface area contributed by atoms with Gasteiger partial charge in [-0.1, -0.05) is 37.3 Å². The van der Waals surface area contributed by atoms with Gasteiger partial charge in [-0.2, -0.15) is 0 Å². The summed E-state index contributed by atoms with van der Waals surface area (Å²) in [5.41, 5.74) is 2.96. The Hall–Kier alpha value is -1.87. The van der Waals surface area contributed by atoms with E-state index in [9.17, 15) is 9.50 Å². The van der Waals surface area contributed by atoms with Crippen LogP contribution in [0.25, 0.3) is 0 Å². The number of nitrogens with one attached hydrogen (secondary N) is 1. The number of aliphatic hydroxyl groups is 1. The number of hydrogen-bond donors (Lipinski definition) is 2. The highest BCUT2D eigenvalue weighted by atomic mass is 19.1. The molecule has 19 heavy (non-hydrogen) atoms. The molecular weight excluding hydrogens is 241 g/mol. The molecule has 3 heteroatoms. The number of benzene rings is 2. The number of anilines is 1. The summed E-state index contributed by atoms with van der Waals surface area (Å²) in [4.78, 5) is 0. The summed E-state index contributed by atoms with van der Waals surface area (Å²) in [5.74, 6) is -0.291. The Balaban J connectivity index is 2.00. The fourth-order valence-electron chi connectivity index (χ4n) is 2.01. The van der Waals surface area contributed by atoms with Crippen molar-refractivity contribution in [1.29, 1.82) is 0 Å². The zero-order chi connectivity index (χ0) is 13.7. The Morgan fingerprint density at radius 1 is 1.11 bits per heavy atom. The van der Waals surface area contributed by atoms with Crippen molar-refractivity contribution in [1.82, 2.24) is 0 Å². The van der Waals surface area contributed by atoms with Crippen LogP contribution in [0.4, 0.5) is 10.1 Å². The molecule has 1 unspecified atom stereocenters. The third kappa shape index (κ3) is 3.55. The molecule has 0 saturated heterocycles. The van der Waals surface area contributed by atoms with Crippen LogP contribution in [0, 0.1) is 5.82 Å². The molecule has 2 N–H and O–H groups in total. The van der Waals surface area contributed by atoms with Crippen LogP contribution in [0.5, 0.6) is 0 Å². The molecule has 0 aliphatic carbocycles. The third-order valence-electron chi connectivity index (χ3n) is 3.14. The first-order chi connectivity index (χ1) is 9.20. The number of rotatable bonds is 5. The van der Waals surface area contributed by atoms with Crippen LogP contribution < -0.4 is 5.32 Å². The van der Waals surface area contributed by atoms with E-state index >= 15 is 0 Å². The van der Waals surface area contributed by atoms with Crippen LogP contribution in [-0.4, -0.2) is 11.7 Å². The highest BCUT2D eigenvalue weighted by Gasteiger charge is 2.08. The zero-order valence-corrected chi connectivity index (χ0v) is 10.9. The molecule has 0 aliphatic rings. The molecule has 1 atom stereocenters. The summed E-state index contributed by atoms with van der Waals surface area (Å²) in [5, 5.41) is 13.3. The van der Waals surface area contributed by atoms with Gasteiger partial charge in [-0.15, -0.1) is 0 Å². The number of aryl methyl sites for hydroxylation is 1. The molecule has 2 nitrogen and oxygen atoms in total. The minimum Gasteiger partial charge on any atom is -0.387 e. The van der Waals surface area contributed by atoms with Crippen molar-refractivity contribution in [2.24, 2.45) is 0 Å². The van der Waals surface area contributed by atoms with Gasteiger partial charge in [0.1, 0.15) is 5.82 Å². The molecule has 2 aromatic rings. The second kappa shape index (κ2) is 6.34. The topological polar surface area (TPSA) is 32.3 Å². The van der Waals surface area contributed by atoms with E-state index in [1.54, 1.807) is 12.1 Å². The predicted molar refractivity (Wildman–Crippen MR) is 75.7 cm³/mol. The summed E-state index contributed by atoms with van der Waals surface area (Å²) in [6.45, 7) is 2.50. The van der Waals surface area contributed by atoms with Crippen LogP contribution in [-0.2, 0) is 6.42 Å². The van der Waals surface area contributed by atoms with Gasteiger partial charge in [0.25, 0.3) is 0 Å². The summed E-state index contributed by atoms with van der Waals surface area (Å²) in [6.07, 6.45) is 0.293. The van der Waals surface area contributed by atoms with Gasteiger partial charge < -0.3 is 10.4 Å². The lowest BCUT2D eigenvalue weighted by molar-refractivity contribution is 0.191. The van der Waals surface area contributed by atoms with Crippen molar-refractivity contribution < 1.29 is 9.50 Å². The van der Waals surface area contributed by atoms with Gasteiger partial charge in [0, 0.05) is 12.2 Å². The standard InChI is InChI=1S/C16H18FNO/c1-2-12-5-3-4-6-15(12)18-11-16(19)13-7-9-14(17)10-8-13/h3-10,16,18-19H,2,11H2,1H3. The lowest BCUT2D eigenvalue weighted by Gasteiger charge is -2.15. The monoisotopic (exact) mass is 259 g/mol. The van der Waals surface area contributed by atoms with E-state index in [1.807, 2.05) is 18.2 Å². The van der Waals surface area contributed by atoms with Crippen LogP contribution in [0.15, 0.2) is 48.5 Å². The Morgan fingerprint density at radius 3 is 2.47 bits per heavy atom. The highest BCUT2D eigenvalue weighted by Crippen LogP contribution is 2.18. The number of aliphatic hydroxyl groups excluding tert-OH is 1.